The van der Waals surface area contributed by atoms with Crippen molar-refractivity contribution >= 4 is 6.09 Å². The lowest BCUT2D eigenvalue weighted by atomic mass is 10.6. The van der Waals surface area contributed by atoms with Crippen LogP contribution in [0.4, 0.5) is 4.79 Å². The zero-order chi connectivity index (χ0) is 7.11. The van der Waals surface area contributed by atoms with Gasteiger partial charge in [-0.1, -0.05) is 0 Å². The molecule has 0 aliphatic heterocycles. The number of nitrogens with two attached hydrogens (primary N) is 1. The molecule has 0 aromatic rings. The highest BCUT2D eigenvalue weighted by molar-refractivity contribution is 5.64. The van der Waals surface area contributed by atoms with E-state index in [0.717, 1.165) is 0 Å². The third-order valence-corrected chi connectivity index (χ3v) is 0.593. The van der Waals surface area contributed by atoms with Gasteiger partial charge in [0.05, 0.1) is 0 Å². The lowest BCUT2D eigenvalue weighted by Gasteiger charge is -1.90. The van der Waals surface area contributed by atoms with Crippen LogP contribution in [0.15, 0.2) is 17.9 Å². The Hall–Kier alpha value is -1.21. The summed E-state index contributed by atoms with van der Waals surface area (Å²) < 4.78 is 4.34. The van der Waals surface area contributed by atoms with Gasteiger partial charge in [-0.3, -0.25) is 0 Å². The van der Waals surface area contributed by atoms with Gasteiger partial charge in [-0.25, -0.2) is 4.79 Å². The number of carbonyl (C=O) groups excluding carboxylic acids is 1. The first-order valence-corrected chi connectivity index (χ1v) is 2.55. The van der Waals surface area contributed by atoms with Gasteiger partial charge < -0.3 is 10.5 Å². The molecule has 2 N–H and O–H groups in total. The summed E-state index contributed by atoms with van der Waals surface area (Å²) in [6, 6.07) is 0. The minimum absolute atomic E-state index is 0.194. The van der Waals surface area contributed by atoms with Gasteiger partial charge in [0.15, 0.2) is 0 Å². The molecule has 1 amide bonds. The largest absolute Gasteiger partial charge is 0.445 e. The summed E-state index contributed by atoms with van der Waals surface area (Å²) in [5.41, 5.74) is 7.38. The van der Waals surface area contributed by atoms with Crippen molar-refractivity contribution in [1.29, 1.82) is 0 Å². The van der Waals surface area contributed by atoms with E-state index in [4.69, 9.17) is 0 Å². The number of carbonyl (C=O) groups is 1. The molecule has 3 heteroatoms. The van der Waals surface area contributed by atoms with Crippen molar-refractivity contribution < 1.29 is 9.53 Å². The van der Waals surface area contributed by atoms with Gasteiger partial charge in [0.2, 0.25) is 0 Å². The first kappa shape index (κ1) is 7.79. The van der Waals surface area contributed by atoms with Gasteiger partial charge in [0.25, 0.3) is 0 Å². The first-order chi connectivity index (χ1) is 4.27. The maximum Gasteiger partial charge on any atom is 0.404 e. The second-order valence-electron chi connectivity index (χ2n) is 1.29. The van der Waals surface area contributed by atoms with Crippen LogP contribution in [-0.4, -0.2) is 12.7 Å². The molecule has 3 nitrogen and oxygen atoms in total. The van der Waals surface area contributed by atoms with E-state index in [9.17, 15) is 4.79 Å². The maximum atomic E-state index is 9.90. The lowest BCUT2D eigenvalue weighted by Crippen LogP contribution is -2.12. The topological polar surface area (TPSA) is 52.3 Å². The van der Waals surface area contributed by atoms with Gasteiger partial charge in [-0.2, -0.15) is 0 Å². The number of ether oxygens (including phenoxy) is 1. The summed E-state index contributed by atoms with van der Waals surface area (Å²) in [6.07, 6.45) is 2.53. The van der Waals surface area contributed by atoms with Crippen LogP contribution >= 0.6 is 0 Å². The van der Waals surface area contributed by atoms with E-state index in [2.05, 4.69) is 16.2 Å². The Morgan fingerprint density at radius 1 is 1.89 bits per heavy atom. The molecule has 0 aliphatic carbocycles. The fraction of sp³-hybridized carbons (Fsp3) is 0.333. The maximum absolute atomic E-state index is 9.90. The highest BCUT2D eigenvalue weighted by Gasteiger charge is 1.85. The van der Waals surface area contributed by atoms with Crippen LogP contribution in [0.2, 0.25) is 0 Å². The van der Waals surface area contributed by atoms with Gasteiger partial charge in [-0.05, 0) is 19.1 Å². The van der Waals surface area contributed by atoms with Crippen molar-refractivity contribution in [2.24, 2.45) is 5.73 Å². The summed E-state index contributed by atoms with van der Waals surface area (Å²) in [5.74, 6) is 0. The molecule has 0 saturated heterocycles. The summed E-state index contributed by atoms with van der Waals surface area (Å²) in [7, 11) is 0. The van der Waals surface area contributed by atoms with Crippen LogP contribution in [0, 0.1) is 0 Å². The van der Waals surface area contributed by atoms with Crippen molar-refractivity contribution in [1.82, 2.24) is 0 Å². The zero-order valence-electron chi connectivity index (χ0n) is 5.26. The molecule has 0 radical (unpaired) electrons. The van der Waals surface area contributed by atoms with E-state index in [1.807, 2.05) is 6.92 Å². The molecule has 0 spiro atoms. The van der Waals surface area contributed by atoms with Crippen molar-refractivity contribution in [2.75, 3.05) is 6.61 Å². The molecule has 0 rings (SSSR count). The molecule has 0 aliphatic rings. The van der Waals surface area contributed by atoms with E-state index in [1.165, 1.54) is 0 Å². The third kappa shape index (κ3) is 6.79. The summed E-state index contributed by atoms with van der Waals surface area (Å²) >= 11 is 0. The van der Waals surface area contributed by atoms with Crippen LogP contribution in [0.3, 0.4) is 0 Å². The van der Waals surface area contributed by atoms with E-state index in [-0.39, 0.29) is 6.61 Å². The van der Waals surface area contributed by atoms with Gasteiger partial charge >= 0.3 is 6.09 Å². The number of amides is 1. The molecule has 0 bridgehead atoms. The molecule has 0 atom stereocenters. The Bertz CT molecular complexity index is 145. The fourth-order valence-corrected chi connectivity index (χ4v) is 0.290. The average molecular weight is 127 g/mol. The summed E-state index contributed by atoms with van der Waals surface area (Å²) in [4.78, 5) is 9.90. The SMILES string of the molecule is CC=C=CCOC(N)=O. The van der Waals surface area contributed by atoms with Gasteiger partial charge in [0.1, 0.15) is 6.61 Å². The first-order valence-electron chi connectivity index (χ1n) is 2.55. The number of hydrogen-bond acceptors (Lipinski definition) is 2. The molecule has 9 heavy (non-hydrogen) atoms. The summed E-state index contributed by atoms with van der Waals surface area (Å²) in [5, 5.41) is 0. The number of hydrogen-bond donors (Lipinski definition) is 1. The number of primary amides is 1. The Kier molecular flexibility index (Phi) is 4.27. The molecule has 0 unspecified atom stereocenters. The molecule has 0 saturated carbocycles. The zero-order valence-corrected chi connectivity index (χ0v) is 5.26. The summed E-state index contributed by atoms with van der Waals surface area (Å²) in [6.45, 7) is 2.01. The lowest BCUT2D eigenvalue weighted by molar-refractivity contribution is 0.169. The Balaban J connectivity index is 3.30. The second-order valence-corrected chi connectivity index (χ2v) is 1.29. The monoisotopic (exact) mass is 127 g/mol. The predicted molar refractivity (Wildman–Crippen MR) is 33.9 cm³/mol. The Morgan fingerprint density at radius 3 is 3.00 bits per heavy atom. The Labute approximate surface area is 53.8 Å². The van der Waals surface area contributed by atoms with Crippen LogP contribution in [0.1, 0.15) is 6.92 Å². The Morgan fingerprint density at radius 2 is 2.56 bits per heavy atom. The quantitative estimate of drug-likeness (QED) is 0.558. The van der Waals surface area contributed by atoms with Crippen LogP contribution in [-0.2, 0) is 4.74 Å². The van der Waals surface area contributed by atoms with E-state index in [1.54, 1.807) is 12.2 Å². The molecule has 50 valence electrons. The van der Waals surface area contributed by atoms with E-state index in [0.29, 0.717) is 0 Å². The van der Waals surface area contributed by atoms with E-state index >= 15 is 0 Å². The molecule has 0 heterocycles. The van der Waals surface area contributed by atoms with Crippen LogP contribution in [0.5, 0.6) is 0 Å². The van der Waals surface area contributed by atoms with Gasteiger partial charge in [-0.15, -0.1) is 5.73 Å². The fourth-order valence-electron chi connectivity index (χ4n) is 0.290. The van der Waals surface area contributed by atoms with E-state index < -0.39 is 6.09 Å². The molecule has 0 aromatic carbocycles. The average Bonchev–Trinajstić information content (AvgIpc) is 1.80. The third-order valence-electron chi connectivity index (χ3n) is 0.593. The molecule has 0 aromatic heterocycles. The molecular weight excluding hydrogens is 118 g/mol. The van der Waals surface area contributed by atoms with Gasteiger partial charge in [0, 0.05) is 0 Å². The molecule has 0 fully saturated rings. The highest BCUT2D eigenvalue weighted by atomic mass is 16.5. The van der Waals surface area contributed by atoms with Crippen LogP contribution in [0.25, 0.3) is 0 Å². The highest BCUT2D eigenvalue weighted by Crippen LogP contribution is 1.73. The number of rotatable bonds is 2. The minimum Gasteiger partial charge on any atom is -0.445 e. The minimum atomic E-state index is -0.760. The second kappa shape index (κ2) is 4.94. The van der Waals surface area contributed by atoms with Crippen molar-refractivity contribution in [3.05, 3.63) is 17.9 Å². The molecular formula is C6H9NO2. The standard InChI is InChI=1S/C6H9NO2/c1-2-3-4-5-9-6(7)8/h2,4H,5H2,1H3,(H2,7,8). The van der Waals surface area contributed by atoms with Crippen LogP contribution < -0.4 is 5.73 Å². The normalized spacial score (nSPS) is 7.22. The smallest absolute Gasteiger partial charge is 0.404 e. The predicted octanol–water partition coefficient (Wildman–Crippen LogP) is 0.813. The van der Waals surface area contributed by atoms with Crippen molar-refractivity contribution in [3.8, 4) is 0 Å². The van der Waals surface area contributed by atoms with Crippen molar-refractivity contribution in [3.63, 3.8) is 0 Å². The van der Waals surface area contributed by atoms with Crippen molar-refractivity contribution in [2.45, 2.75) is 6.92 Å².